The first kappa shape index (κ1) is 20.4. The van der Waals surface area contributed by atoms with Crippen LogP contribution in [0.1, 0.15) is 11.1 Å². The molecule has 5 nitrogen and oxygen atoms in total. The molecular weight excluding hydrogens is 420 g/mol. The average Bonchev–Trinajstić information content (AvgIpc) is 3.17. The molecule has 0 N–H and O–H groups in total. The van der Waals surface area contributed by atoms with E-state index in [2.05, 4.69) is 0 Å². The molecule has 154 valence electrons. The van der Waals surface area contributed by atoms with E-state index >= 15 is 0 Å². The van der Waals surface area contributed by atoms with Crippen molar-refractivity contribution in [3.63, 3.8) is 0 Å². The van der Waals surface area contributed by atoms with Gasteiger partial charge >= 0.3 is 0 Å². The number of carbonyl (C=O) groups is 1. The smallest absolute Gasteiger partial charge is 0.264 e. The van der Waals surface area contributed by atoms with Gasteiger partial charge in [0.15, 0.2) is 0 Å². The van der Waals surface area contributed by atoms with Gasteiger partial charge in [-0.1, -0.05) is 47.5 Å². The quantitative estimate of drug-likeness (QED) is 0.589. The third-order valence-electron chi connectivity index (χ3n) is 5.19. The fourth-order valence-electron chi connectivity index (χ4n) is 3.57. The van der Waals surface area contributed by atoms with Gasteiger partial charge in [0.05, 0.1) is 10.6 Å². The zero-order valence-electron chi connectivity index (χ0n) is 16.5. The molecule has 0 spiro atoms. The molecule has 0 unspecified atom stereocenters. The van der Waals surface area contributed by atoms with Crippen molar-refractivity contribution in [1.29, 1.82) is 0 Å². The molecule has 1 heterocycles. The van der Waals surface area contributed by atoms with Gasteiger partial charge in [-0.2, -0.15) is 0 Å². The third-order valence-corrected chi connectivity index (χ3v) is 7.23. The Morgan fingerprint density at radius 3 is 2.37 bits per heavy atom. The van der Waals surface area contributed by atoms with Gasteiger partial charge < -0.3 is 4.90 Å². The second kappa shape index (κ2) is 8.13. The number of hydrogen-bond donors (Lipinski definition) is 0. The minimum absolute atomic E-state index is 0.137. The van der Waals surface area contributed by atoms with E-state index in [9.17, 15) is 13.2 Å². The predicted molar refractivity (Wildman–Crippen MR) is 120 cm³/mol. The van der Waals surface area contributed by atoms with Gasteiger partial charge in [0.2, 0.25) is 5.91 Å². The molecule has 1 aliphatic rings. The van der Waals surface area contributed by atoms with Crippen LogP contribution in [-0.4, -0.2) is 27.4 Å². The number of hydrogen-bond acceptors (Lipinski definition) is 3. The number of para-hydroxylation sites is 1. The van der Waals surface area contributed by atoms with E-state index in [-0.39, 0.29) is 17.3 Å². The highest BCUT2D eigenvalue weighted by Gasteiger charge is 2.31. The van der Waals surface area contributed by atoms with Crippen molar-refractivity contribution in [2.24, 2.45) is 0 Å². The summed E-state index contributed by atoms with van der Waals surface area (Å²) >= 11 is 5.99. The van der Waals surface area contributed by atoms with Crippen LogP contribution in [0.25, 0.3) is 0 Å². The normalized spacial score (nSPS) is 13.2. The van der Waals surface area contributed by atoms with Crippen molar-refractivity contribution in [3.05, 3.63) is 88.9 Å². The number of benzene rings is 3. The molecule has 30 heavy (non-hydrogen) atoms. The fraction of sp³-hybridized carbons (Fsp3) is 0.174. The molecule has 1 amide bonds. The van der Waals surface area contributed by atoms with Crippen LogP contribution in [0.3, 0.4) is 0 Å². The van der Waals surface area contributed by atoms with Crippen LogP contribution in [0.5, 0.6) is 0 Å². The van der Waals surface area contributed by atoms with Crippen molar-refractivity contribution in [2.45, 2.75) is 18.2 Å². The Kier molecular flexibility index (Phi) is 5.54. The summed E-state index contributed by atoms with van der Waals surface area (Å²) in [6, 6.07) is 20.7. The van der Waals surface area contributed by atoms with Crippen molar-refractivity contribution < 1.29 is 13.2 Å². The summed E-state index contributed by atoms with van der Waals surface area (Å²) < 4.78 is 28.0. The third kappa shape index (κ3) is 3.93. The molecule has 0 bridgehead atoms. The molecule has 0 radical (unpaired) electrons. The minimum Gasteiger partial charge on any atom is -0.310 e. The largest absolute Gasteiger partial charge is 0.310 e. The lowest BCUT2D eigenvalue weighted by Crippen LogP contribution is -2.42. The van der Waals surface area contributed by atoms with E-state index in [1.165, 1.54) is 0 Å². The van der Waals surface area contributed by atoms with Gasteiger partial charge in [0.1, 0.15) is 6.54 Å². The lowest BCUT2D eigenvalue weighted by molar-refractivity contribution is -0.117. The van der Waals surface area contributed by atoms with E-state index in [1.807, 2.05) is 31.2 Å². The van der Waals surface area contributed by atoms with Crippen molar-refractivity contribution >= 4 is 38.9 Å². The maximum atomic E-state index is 13.4. The maximum absolute atomic E-state index is 13.4. The van der Waals surface area contributed by atoms with Gasteiger partial charge in [-0.25, -0.2) is 8.42 Å². The zero-order chi connectivity index (χ0) is 21.3. The Labute approximate surface area is 181 Å². The summed E-state index contributed by atoms with van der Waals surface area (Å²) in [6.07, 6.45) is 0.758. The molecule has 0 atom stereocenters. The number of halogens is 1. The predicted octanol–water partition coefficient (Wildman–Crippen LogP) is 4.43. The molecule has 0 saturated heterocycles. The van der Waals surface area contributed by atoms with Crippen LogP contribution in [0.4, 0.5) is 11.4 Å². The summed E-state index contributed by atoms with van der Waals surface area (Å²) in [5.74, 6) is -0.273. The van der Waals surface area contributed by atoms with E-state index < -0.39 is 10.0 Å². The van der Waals surface area contributed by atoms with Crippen LogP contribution >= 0.6 is 11.6 Å². The van der Waals surface area contributed by atoms with Crippen LogP contribution in [0, 0.1) is 6.92 Å². The molecule has 4 rings (SSSR count). The maximum Gasteiger partial charge on any atom is 0.264 e. The topological polar surface area (TPSA) is 57.7 Å². The summed E-state index contributed by atoms with van der Waals surface area (Å²) in [5.41, 5.74) is 3.27. The lowest BCUT2D eigenvalue weighted by atomic mass is 10.2. The molecule has 0 fully saturated rings. The van der Waals surface area contributed by atoms with E-state index in [0.717, 1.165) is 27.5 Å². The van der Waals surface area contributed by atoms with Crippen LogP contribution in [0.2, 0.25) is 5.02 Å². The Balaban J connectivity index is 1.70. The second-order valence-electron chi connectivity index (χ2n) is 7.23. The van der Waals surface area contributed by atoms with Crippen LogP contribution in [-0.2, 0) is 21.2 Å². The first-order valence-corrected chi connectivity index (χ1v) is 11.4. The Hall–Kier alpha value is -2.83. The Morgan fingerprint density at radius 1 is 1.00 bits per heavy atom. The number of fused-ring (bicyclic) bond motifs is 1. The number of nitrogens with zero attached hydrogens (tertiary/aromatic N) is 2. The molecule has 1 aliphatic heterocycles. The minimum atomic E-state index is -3.94. The van der Waals surface area contributed by atoms with Gasteiger partial charge in [0, 0.05) is 17.3 Å². The van der Waals surface area contributed by atoms with Gasteiger partial charge in [-0.3, -0.25) is 9.10 Å². The second-order valence-corrected chi connectivity index (χ2v) is 9.52. The van der Waals surface area contributed by atoms with Gasteiger partial charge in [0.25, 0.3) is 10.0 Å². The Morgan fingerprint density at radius 2 is 1.67 bits per heavy atom. The highest BCUT2D eigenvalue weighted by Crippen LogP contribution is 2.30. The summed E-state index contributed by atoms with van der Waals surface area (Å²) in [7, 11) is -3.94. The van der Waals surface area contributed by atoms with E-state index in [1.54, 1.807) is 53.4 Å². The molecule has 0 aromatic heterocycles. The number of sulfonamides is 1. The van der Waals surface area contributed by atoms with Crippen molar-refractivity contribution in [3.8, 4) is 0 Å². The molecular formula is C23H21ClN2O3S. The number of anilines is 2. The van der Waals surface area contributed by atoms with Crippen molar-refractivity contribution in [2.75, 3.05) is 22.3 Å². The zero-order valence-corrected chi connectivity index (χ0v) is 18.0. The van der Waals surface area contributed by atoms with Crippen LogP contribution in [0.15, 0.2) is 77.7 Å². The number of amides is 1. The fourth-order valence-corrected chi connectivity index (χ4v) is 5.11. The average molecular weight is 441 g/mol. The van der Waals surface area contributed by atoms with Crippen LogP contribution < -0.4 is 9.21 Å². The molecule has 7 heteroatoms. The van der Waals surface area contributed by atoms with E-state index in [0.29, 0.717) is 17.3 Å². The standard InChI is InChI=1S/C23H21ClN2O3S/c1-17-6-12-21(13-7-17)30(28,29)26(20-10-8-19(24)9-11-20)16-23(27)25-15-14-18-4-2-3-5-22(18)25/h2-13H,14-16H2,1H3. The Bertz CT molecular complexity index is 1180. The molecule has 0 aliphatic carbocycles. The highest BCUT2D eigenvalue weighted by atomic mass is 35.5. The van der Waals surface area contributed by atoms with E-state index in [4.69, 9.17) is 11.6 Å². The van der Waals surface area contributed by atoms with Gasteiger partial charge in [-0.15, -0.1) is 0 Å². The number of aryl methyl sites for hydroxylation is 1. The molecule has 0 saturated carbocycles. The summed E-state index contributed by atoms with van der Waals surface area (Å²) in [4.78, 5) is 15.0. The monoisotopic (exact) mass is 440 g/mol. The SMILES string of the molecule is Cc1ccc(S(=O)(=O)N(CC(=O)N2CCc3ccccc32)c2ccc(Cl)cc2)cc1. The van der Waals surface area contributed by atoms with Gasteiger partial charge in [-0.05, 0) is 61.4 Å². The first-order chi connectivity index (χ1) is 14.4. The van der Waals surface area contributed by atoms with Crippen molar-refractivity contribution in [1.82, 2.24) is 0 Å². The first-order valence-electron chi connectivity index (χ1n) is 9.59. The lowest BCUT2D eigenvalue weighted by Gasteiger charge is -2.27. The summed E-state index contributed by atoms with van der Waals surface area (Å²) in [5, 5.41) is 0.492. The highest BCUT2D eigenvalue weighted by molar-refractivity contribution is 7.92. The molecule has 3 aromatic carbocycles. The molecule has 3 aromatic rings. The number of rotatable bonds is 5. The summed E-state index contributed by atoms with van der Waals surface area (Å²) in [6.45, 7) is 2.13. The number of carbonyl (C=O) groups excluding carboxylic acids is 1.